The second-order valence-electron chi connectivity index (χ2n) is 7.05. The lowest BCUT2D eigenvalue weighted by atomic mass is 10.2. The third-order valence-electron chi connectivity index (χ3n) is 4.70. The van der Waals surface area contributed by atoms with Crippen LogP contribution in [-0.2, 0) is 12.2 Å². The number of rotatable bonds is 7. The fourth-order valence-corrected chi connectivity index (χ4v) is 4.36. The molecule has 34 heavy (non-hydrogen) atoms. The van der Waals surface area contributed by atoms with Crippen molar-refractivity contribution in [1.29, 1.82) is 0 Å². The summed E-state index contributed by atoms with van der Waals surface area (Å²) in [5, 5.41) is 12.6. The lowest BCUT2D eigenvalue weighted by molar-refractivity contribution is 0.0951. The molecule has 0 saturated carbocycles. The maximum Gasteiger partial charge on any atom is 0.293 e. The minimum atomic E-state index is -0.492. The van der Waals surface area contributed by atoms with Gasteiger partial charge in [0, 0.05) is 17.7 Å². The van der Waals surface area contributed by atoms with E-state index in [0.29, 0.717) is 44.5 Å². The molecule has 2 aromatic heterocycles. The Morgan fingerprint density at radius 3 is 2.62 bits per heavy atom. The molecular formula is C23H19Cl2N5O2S2. The molecule has 2 aromatic carbocycles. The molecule has 0 aliphatic rings. The number of amides is 1. The van der Waals surface area contributed by atoms with Crippen molar-refractivity contribution in [3.63, 3.8) is 0 Å². The van der Waals surface area contributed by atoms with Gasteiger partial charge in [0.25, 0.3) is 5.91 Å². The SMILES string of the molecule is CCc1nnc(SCc2ccccc2)n1NC(=S)NC(=O)c1ccc(-c2ccc(Cl)c(Cl)c2)o1. The third kappa shape index (κ3) is 5.79. The van der Waals surface area contributed by atoms with Crippen LogP contribution in [0.3, 0.4) is 0 Å². The Morgan fingerprint density at radius 1 is 1.09 bits per heavy atom. The Balaban J connectivity index is 1.41. The standard InChI is InChI=1S/C23H19Cl2N5O2S2/c1-2-20-27-28-23(34-13-14-6-4-3-5-7-14)30(20)29-22(33)26-21(31)19-11-10-18(32-19)15-8-9-16(24)17(25)12-15/h3-12H,2,13H2,1H3,(H2,26,29,31,33). The van der Waals surface area contributed by atoms with Crippen LogP contribution in [-0.4, -0.2) is 25.9 Å². The topological polar surface area (TPSA) is 85.0 Å². The molecule has 11 heteroatoms. The average Bonchev–Trinajstić information content (AvgIpc) is 3.48. The van der Waals surface area contributed by atoms with E-state index in [2.05, 4.69) is 20.9 Å². The lowest BCUT2D eigenvalue weighted by Crippen LogP contribution is -2.38. The monoisotopic (exact) mass is 531 g/mol. The van der Waals surface area contributed by atoms with Crippen LogP contribution in [0.25, 0.3) is 11.3 Å². The maximum atomic E-state index is 12.7. The van der Waals surface area contributed by atoms with Crippen molar-refractivity contribution in [1.82, 2.24) is 20.2 Å². The van der Waals surface area contributed by atoms with Crippen LogP contribution >= 0.6 is 47.2 Å². The summed E-state index contributed by atoms with van der Waals surface area (Å²) in [7, 11) is 0. The third-order valence-corrected chi connectivity index (χ3v) is 6.63. The first-order valence-corrected chi connectivity index (χ1v) is 12.4. The highest BCUT2D eigenvalue weighted by atomic mass is 35.5. The van der Waals surface area contributed by atoms with Gasteiger partial charge in [-0.25, -0.2) is 4.68 Å². The minimum absolute atomic E-state index is 0.0912. The number of furan rings is 1. The van der Waals surface area contributed by atoms with Crippen LogP contribution in [0.4, 0.5) is 0 Å². The van der Waals surface area contributed by atoms with Gasteiger partial charge < -0.3 is 4.42 Å². The summed E-state index contributed by atoms with van der Waals surface area (Å²) in [6.45, 7) is 1.96. The van der Waals surface area contributed by atoms with Crippen molar-refractivity contribution in [2.24, 2.45) is 0 Å². The molecule has 0 saturated heterocycles. The first-order chi connectivity index (χ1) is 16.4. The number of nitrogens with one attached hydrogen (secondary N) is 2. The highest BCUT2D eigenvalue weighted by Crippen LogP contribution is 2.29. The number of halogens is 2. The van der Waals surface area contributed by atoms with Crippen LogP contribution in [0.5, 0.6) is 0 Å². The van der Waals surface area contributed by atoms with E-state index in [1.807, 2.05) is 37.3 Å². The van der Waals surface area contributed by atoms with E-state index in [-0.39, 0.29) is 10.9 Å². The van der Waals surface area contributed by atoms with Gasteiger partial charge in [-0.1, -0.05) is 72.2 Å². The molecule has 4 rings (SSSR count). The normalized spacial score (nSPS) is 10.8. The zero-order chi connectivity index (χ0) is 24.1. The van der Waals surface area contributed by atoms with Gasteiger partial charge in [0.2, 0.25) is 5.16 Å². The molecule has 4 aromatic rings. The van der Waals surface area contributed by atoms with Gasteiger partial charge in [-0.15, -0.1) is 10.2 Å². The predicted molar refractivity (Wildman–Crippen MR) is 139 cm³/mol. The van der Waals surface area contributed by atoms with Crippen molar-refractivity contribution in [3.8, 4) is 11.3 Å². The number of thiocarbonyl (C=S) groups is 1. The molecule has 2 heterocycles. The van der Waals surface area contributed by atoms with Crippen molar-refractivity contribution in [2.45, 2.75) is 24.3 Å². The van der Waals surface area contributed by atoms with Crippen LogP contribution in [0.2, 0.25) is 10.0 Å². The van der Waals surface area contributed by atoms with E-state index in [1.54, 1.807) is 35.0 Å². The number of hydrogen-bond donors (Lipinski definition) is 2. The number of nitrogens with zero attached hydrogens (tertiary/aromatic N) is 3. The van der Waals surface area contributed by atoms with Crippen LogP contribution in [0, 0.1) is 0 Å². The zero-order valence-corrected chi connectivity index (χ0v) is 21.1. The van der Waals surface area contributed by atoms with E-state index in [4.69, 9.17) is 39.8 Å². The summed E-state index contributed by atoms with van der Waals surface area (Å²) >= 11 is 18.9. The molecular weight excluding hydrogens is 513 g/mol. The summed E-state index contributed by atoms with van der Waals surface area (Å²) in [5.41, 5.74) is 4.85. The molecule has 0 unspecified atom stereocenters. The second kappa shape index (κ2) is 11.1. The number of hydrogen-bond acceptors (Lipinski definition) is 6. The summed E-state index contributed by atoms with van der Waals surface area (Å²) in [4.78, 5) is 12.7. The first-order valence-electron chi connectivity index (χ1n) is 10.2. The average molecular weight is 532 g/mol. The predicted octanol–water partition coefficient (Wildman–Crippen LogP) is 5.96. The quantitative estimate of drug-likeness (QED) is 0.225. The molecule has 0 atom stereocenters. The fraction of sp³-hybridized carbons (Fsp3) is 0.130. The van der Waals surface area contributed by atoms with E-state index in [0.717, 1.165) is 5.56 Å². The van der Waals surface area contributed by atoms with Crippen LogP contribution < -0.4 is 10.7 Å². The molecule has 0 spiro atoms. The maximum absolute atomic E-state index is 12.7. The molecule has 2 N–H and O–H groups in total. The van der Waals surface area contributed by atoms with Crippen molar-refractivity contribution >= 4 is 58.2 Å². The molecule has 0 aliphatic heterocycles. The van der Waals surface area contributed by atoms with E-state index in [9.17, 15) is 4.79 Å². The van der Waals surface area contributed by atoms with Crippen LogP contribution in [0.1, 0.15) is 28.9 Å². The van der Waals surface area contributed by atoms with E-state index >= 15 is 0 Å². The summed E-state index contributed by atoms with van der Waals surface area (Å²) in [6, 6.07) is 18.4. The van der Waals surface area contributed by atoms with Gasteiger partial charge in [-0.3, -0.25) is 15.5 Å². The molecule has 7 nitrogen and oxygen atoms in total. The first kappa shape index (κ1) is 24.3. The number of aromatic nitrogens is 3. The van der Waals surface area contributed by atoms with Crippen LogP contribution in [0.15, 0.2) is 70.2 Å². The Labute approximate surface area is 215 Å². The molecule has 0 radical (unpaired) electrons. The molecule has 0 fully saturated rings. The molecule has 174 valence electrons. The smallest absolute Gasteiger partial charge is 0.293 e. The summed E-state index contributed by atoms with van der Waals surface area (Å²) in [5.74, 6) is 1.49. The molecule has 0 aliphatic carbocycles. The highest BCUT2D eigenvalue weighted by molar-refractivity contribution is 7.98. The van der Waals surface area contributed by atoms with Crippen molar-refractivity contribution < 1.29 is 9.21 Å². The minimum Gasteiger partial charge on any atom is -0.451 e. The van der Waals surface area contributed by atoms with Gasteiger partial charge in [-0.05, 0) is 48.1 Å². The Bertz CT molecular complexity index is 1320. The lowest BCUT2D eigenvalue weighted by Gasteiger charge is -2.13. The Hall–Kier alpha value is -2.85. The number of aryl methyl sites for hydroxylation is 1. The highest BCUT2D eigenvalue weighted by Gasteiger charge is 2.17. The fourth-order valence-electron chi connectivity index (χ4n) is 3.02. The van der Waals surface area contributed by atoms with Gasteiger partial charge >= 0.3 is 0 Å². The number of benzene rings is 2. The molecule has 1 amide bonds. The van der Waals surface area contributed by atoms with E-state index in [1.165, 1.54) is 11.8 Å². The zero-order valence-electron chi connectivity index (χ0n) is 17.9. The Kier molecular flexibility index (Phi) is 7.89. The van der Waals surface area contributed by atoms with Gasteiger partial charge in [-0.2, -0.15) is 0 Å². The number of carbonyl (C=O) groups excluding carboxylic acids is 1. The summed E-state index contributed by atoms with van der Waals surface area (Å²) < 4.78 is 7.36. The largest absolute Gasteiger partial charge is 0.451 e. The van der Waals surface area contributed by atoms with Crippen molar-refractivity contribution in [2.75, 3.05) is 5.43 Å². The van der Waals surface area contributed by atoms with Gasteiger partial charge in [0.1, 0.15) is 5.76 Å². The molecule has 0 bridgehead atoms. The number of carbonyl (C=O) groups is 1. The summed E-state index contributed by atoms with van der Waals surface area (Å²) in [6.07, 6.45) is 0.633. The van der Waals surface area contributed by atoms with Gasteiger partial charge in [0.05, 0.1) is 10.0 Å². The Morgan fingerprint density at radius 2 is 1.88 bits per heavy atom. The van der Waals surface area contributed by atoms with Gasteiger partial charge in [0.15, 0.2) is 16.7 Å². The second-order valence-corrected chi connectivity index (χ2v) is 9.22. The van der Waals surface area contributed by atoms with E-state index < -0.39 is 5.91 Å². The van der Waals surface area contributed by atoms with Crippen molar-refractivity contribution in [3.05, 3.63) is 87.9 Å². The number of thioether (sulfide) groups is 1.